The third-order valence-corrected chi connectivity index (χ3v) is 5.71. The van der Waals surface area contributed by atoms with Gasteiger partial charge in [0, 0.05) is 10.8 Å². The van der Waals surface area contributed by atoms with Crippen LogP contribution < -0.4 is 5.32 Å². The normalized spacial score (nSPS) is 15.6. The summed E-state index contributed by atoms with van der Waals surface area (Å²) in [5, 5.41) is 3.74. The van der Waals surface area contributed by atoms with Crippen LogP contribution in [-0.2, 0) is 15.8 Å². The van der Waals surface area contributed by atoms with Gasteiger partial charge in [0.25, 0.3) is 10.0 Å². The summed E-state index contributed by atoms with van der Waals surface area (Å²) in [5.41, 5.74) is 1.19. The fourth-order valence-corrected chi connectivity index (χ4v) is 4.47. The Labute approximate surface area is 136 Å². The zero-order chi connectivity index (χ0) is 15.7. The van der Waals surface area contributed by atoms with Gasteiger partial charge in [-0.1, -0.05) is 41.6 Å². The van der Waals surface area contributed by atoms with Crippen LogP contribution in [0.3, 0.4) is 0 Å². The van der Waals surface area contributed by atoms with Crippen molar-refractivity contribution in [2.45, 2.75) is 10.6 Å². The van der Waals surface area contributed by atoms with Crippen LogP contribution in [0, 0.1) is 5.82 Å². The maximum atomic E-state index is 13.2. The van der Waals surface area contributed by atoms with Gasteiger partial charge >= 0.3 is 0 Å². The predicted octanol–water partition coefficient (Wildman–Crippen LogP) is 3.88. The molecule has 4 nitrogen and oxygen atoms in total. The predicted molar refractivity (Wildman–Crippen MR) is 87.4 cm³/mol. The van der Waals surface area contributed by atoms with Gasteiger partial charge in [-0.15, -0.1) is 4.40 Å². The molecule has 1 heterocycles. The average molecular weight is 357 g/mol. The summed E-state index contributed by atoms with van der Waals surface area (Å²) in [4.78, 5) is -0.158. The number of thioether (sulfide) groups is 1. The molecule has 2 aromatic rings. The highest BCUT2D eigenvalue weighted by molar-refractivity contribution is 8.14. The maximum absolute atomic E-state index is 13.2. The van der Waals surface area contributed by atoms with Crippen LogP contribution >= 0.6 is 23.4 Å². The summed E-state index contributed by atoms with van der Waals surface area (Å²) >= 11 is 7.28. The minimum Gasteiger partial charge on any atom is -0.333 e. The SMILES string of the molecule is O=S1(=O)N=C(SCc2ccccc2Cl)Nc2ccc(F)cc21. The first kappa shape index (κ1) is 15.3. The smallest absolute Gasteiger partial charge is 0.286 e. The molecule has 0 radical (unpaired) electrons. The third-order valence-electron chi connectivity index (χ3n) is 2.99. The van der Waals surface area contributed by atoms with Crippen molar-refractivity contribution in [1.29, 1.82) is 0 Å². The molecule has 1 aliphatic heterocycles. The van der Waals surface area contributed by atoms with Gasteiger partial charge in [-0.05, 0) is 29.8 Å². The van der Waals surface area contributed by atoms with E-state index in [1.807, 2.05) is 18.2 Å². The second-order valence-corrected chi connectivity index (χ2v) is 7.46. The standard InChI is InChI=1S/C14H10ClFN2O2S2/c15-11-4-2-1-3-9(11)8-21-14-17-12-6-5-10(16)7-13(12)22(19,20)18-14/h1-7H,8H2,(H,17,18). The molecule has 2 aromatic carbocycles. The Morgan fingerprint density at radius 2 is 2.00 bits per heavy atom. The Hall–Kier alpha value is -1.57. The zero-order valence-electron chi connectivity index (χ0n) is 11.1. The van der Waals surface area contributed by atoms with E-state index in [-0.39, 0.29) is 10.1 Å². The number of amidine groups is 1. The molecule has 114 valence electrons. The van der Waals surface area contributed by atoms with Crippen molar-refractivity contribution in [2.24, 2.45) is 4.40 Å². The molecule has 1 N–H and O–H groups in total. The van der Waals surface area contributed by atoms with Gasteiger partial charge in [-0.2, -0.15) is 8.42 Å². The van der Waals surface area contributed by atoms with Crippen LogP contribution in [0.25, 0.3) is 0 Å². The first-order valence-electron chi connectivity index (χ1n) is 6.23. The minimum absolute atomic E-state index is 0.158. The second kappa shape index (κ2) is 5.91. The highest BCUT2D eigenvalue weighted by Gasteiger charge is 2.25. The van der Waals surface area contributed by atoms with Crippen LogP contribution in [0.2, 0.25) is 5.02 Å². The largest absolute Gasteiger partial charge is 0.333 e. The van der Waals surface area contributed by atoms with E-state index in [1.165, 1.54) is 23.9 Å². The van der Waals surface area contributed by atoms with E-state index in [0.717, 1.165) is 11.6 Å². The molecule has 0 amide bonds. The molecule has 0 saturated carbocycles. The quantitative estimate of drug-likeness (QED) is 0.887. The first-order chi connectivity index (χ1) is 10.5. The van der Waals surface area contributed by atoms with E-state index in [4.69, 9.17) is 11.6 Å². The van der Waals surface area contributed by atoms with Gasteiger partial charge in [-0.3, -0.25) is 0 Å². The molecule has 0 saturated heterocycles. The lowest BCUT2D eigenvalue weighted by Gasteiger charge is -2.17. The molecule has 0 atom stereocenters. The molecule has 0 bridgehead atoms. The van der Waals surface area contributed by atoms with Crippen molar-refractivity contribution >= 4 is 44.2 Å². The number of anilines is 1. The summed E-state index contributed by atoms with van der Waals surface area (Å²) < 4.78 is 41.0. The molecule has 8 heteroatoms. The van der Waals surface area contributed by atoms with Gasteiger partial charge in [0.05, 0.1) is 5.69 Å². The Kier molecular flexibility index (Phi) is 4.12. The van der Waals surface area contributed by atoms with Gasteiger partial charge in [0.2, 0.25) is 0 Å². The molecular formula is C14H10ClFN2O2S2. The minimum atomic E-state index is -3.90. The van der Waals surface area contributed by atoms with Crippen molar-refractivity contribution in [3.05, 3.63) is 58.9 Å². The van der Waals surface area contributed by atoms with E-state index in [1.54, 1.807) is 6.07 Å². The molecule has 0 spiro atoms. The van der Waals surface area contributed by atoms with E-state index in [9.17, 15) is 12.8 Å². The summed E-state index contributed by atoms with van der Waals surface area (Å²) in [7, 11) is -3.90. The third kappa shape index (κ3) is 3.11. The lowest BCUT2D eigenvalue weighted by molar-refractivity contribution is 0.592. The maximum Gasteiger partial charge on any atom is 0.286 e. The number of rotatable bonds is 2. The molecular weight excluding hydrogens is 347 g/mol. The Morgan fingerprint density at radius 1 is 1.23 bits per heavy atom. The number of benzene rings is 2. The van der Waals surface area contributed by atoms with Gasteiger partial charge in [-0.25, -0.2) is 4.39 Å². The number of nitrogens with zero attached hydrogens (tertiary/aromatic N) is 1. The molecule has 0 fully saturated rings. The Morgan fingerprint density at radius 3 is 2.77 bits per heavy atom. The van der Waals surface area contributed by atoms with Crippen molar-refractivity contribution < 1.29 is 12.8 Å². The van der Waals surface area contributed by atoms with E-state index in [0.29, 0.717) is 16.5 Å². The summed E-state index contributed by atoms with van der Waals surface area (Å²) in [5.74, 6) is -0.149. The van der Waals surface area contributed by atoms with Crippen molar-refractivity contribution in [2.75, 3.05) is 5.32 Å². The summed E-state index contributed by atoms with van der Waals surface area (Å²) in [6.07, 6.45) is 0. The Balaban J connectivity index is 1.84. The van der Waals surface area contributed by atoms with Crippen LogP contribution in [0.15, 0.2) is 51.8 Å². The first-order valence-corrected chi connectivity index (χ1v) is 9.04. The van der Waals surface area contributed by atoms with Gasteiger partial charge in [0.15, 0.2) is 5.17 Å². The van der Waals surface area contributed by atoms with E-state index < -0.39 is 15.8 Å². The molecule has 0 aromatic heterocycles. The fraction of sp³-hybridized carbons (Fsp3) is 0.0714. The number of halogens is 2. The van der Waals surface area contributed by atoms with E-state index >= 15 is 0 Å². The second-order valence-electron chi connectivity index (χ2n) is 4.52. The summed E-state index contributed by atoms with van der Waals surface area (Å²) in [6, 6.07) is 10.8. The fourth-order valence-electron chi connectivity index (χ4n) is 1.93. The lowest BCUT2D eigenvalue weighted by atomic mass is 10.2. The lowest BCUT2D eigenvalue weighted by Crippen LogP contribution is -2.19. The van der Waals surface area contributed by atoms with Crippen LogP contribution in [0.4, 0.5) is 10.1 Å². The topological polar surface area (TPSA) is 58.5 Å². The zero-order valence-corrected chi connectivity index (χ0v) is 13.5. The number of fused-ring (bicyclic) bond motifs is 1. The van der Waals surface area contributed by atoms with Gasteiger partial charge in [0.1, 0.15) is 10.7 Å². The molecule has 1 aliphatic rings. The number of sulfonamides is 1. The van der Waals surface area contributed by atoms with E-state index in [2.05, 4.69) is 9.71 Å². The van der Waals surface area contributed by atoms with Crippen LogP contribution in [0.1, 0.15) is 5.56 Å². The average Bonchev–Trinajstić information content (AvgIpc) is 2.47. The summed E-state index contributed by atoms with van der Waals surface area (Å²) in [6.45, 7) is 0. The van der Waals surface area contributed by atoms with Crippen LogP contribution in [0.5, 0.6) is 0 Å². The highest BCUT2D eigenvalue weighted by Crippen LogP contribution is 2.31. The van der Waals surface area contributed by atoms with Crippen molar-refractivity contribution in [3.8, 4) is 0 Å². The highest BCUT2D eigenvalue weighted by atomic mass is 35.5. The number of hydrogen-bond acceptors (Lipinski definition) is 4. The molecule has 22 heavy (non-hydrogen) atoms. The monoisotopic (exact) mass is 356 g/mol. The van der Waals surface area contributed by atoms with Crippen LogP contribution in [-0.4, -0.2) is 13.6 Å². The Bertz CT molecular complexity index is 869. The van der Waals surface area contributed by atoms with Crippen molar-refractivity contribution in [1.82, 2.24) is 0 Å². The molecule has 0 aliphatic carbocycles. The van der Waals surface area contributed by atoms with Crippen molar-refractivity contribution in [3.63, 3.8) is 0 Å². The molecule has 0 unspecified atom stereocenters. The van der Waals surface area contributed by atoms with Gasteiger partial charge < -0.3 is 5.32 Å². The number of nitrogens with one attached hydrogen (secondary N) is 1. The molecule has 3 rings (SSSR count). The number of hydrogen-bond donors (Lipinski definition) is 1.